The fraction of sp³-hybridized carbons (Fsp3) is 0.773. The Bertz CT molecular complexity index is 733. The second-order valence-corrected chi connectivity index (χ2v) is 9.26. The van der Waals surface area contributed by atoms with Crippen molar-refractivity contribution in [2.24, 2.45) is 29.1 Å². The van der Waals surface area contributed by atoms with Gasteiger partial charge in [0.25, 0.3) is 0 Å². The van der Waals surface area contributed by atoms with Gasteiger partial charge in [-0.1, -0.05) is 25.5 Å². The quantitative estimate of drug-likeness (QED) is 0.451. The van der Waals surface area contributed by atoms with Crippen LogP contribution >= 0.6 is 0 Å². The maximum Gasteiger partial charge on any atom is 0.352 e. The molecule has 0 unspecified atom stereocenters. The summed E-state index contributed by atoms with van der Waals surface area (Å²) in [6.45, 7) is 10.8. The van der Waals surface area contributed by atoms with Gasteiger partial charge in [0.1, 0.15) is 0 Å². The molecule has 1 saturated heterocycles. The maximum atomic E-state index is 13.9. The summed E-state index contributed by atoms with van der Waals surface area (Å²) in [4.78, 5) is 40.0. The Morgan fingerprint density at radius 2 is 1.93 bits per heavy atom. The number of allylic oxidation sites excluding steroid dienone is 2. The standard InChI is InChI=1S/C22H32O6/c1-7-27-19(25)22-14(5)8-9-16-13(4)11-15(10-12(2)3)21(16,22)17(23)20(6,26)18(24)28-22/h10,13-16,26H,7-9,11H2,1-6H3/t13-,14-,15+,16+,20-,21-,22-/m0/s1. The Morgan fingerprint density at radius 3 is 2.50 bits per heavy atom. The van der Waals surface area contributed by atoms with Gasteiger partial charge in [-0.3, -0.25) is 4.79 Å². The van der Waals surface area contributed by atoms with Crippen LogP contribution in [0.25, 0.3) is 0 Å². The summed E-state index contributed by atoms with van der Waals surface area (Å²) in [6, 6.07) is 0. The minimum Gasteiger partial charge on any atom is -0.463 e. The van der Waals surface area contributed by atoms with E-state index in [1.54, 1.807) is 6.92 Å². The van der Waals surface area contributed by atoms with Crippen molar-refractivity contribution in [1.29, 1.82) is 0 Å². The summed E-state index contributed by atoms with van der Waals surface area (Å²) in [5, 5.41) is 10.8. The van der Waals surface area contributed by atoms with E-state index in [1.165, 1.54) is 6.92 Å². The van der Waals surface area contributed by atoms with Crippen LogP contribution in [0.3, 0.4) is 0 Å². The van der Waals surface area contributed by atoms with Crippen LogP contribution in [0, 0.1) is 29.1 Å². The molecule has 2 aliphatic carbocycles. The van der Waals surface area contributed by atoms with Gasteiger partial charge in [-0.2, -0.15) is 0 Å². The lowest BCUT2D eigenvalue weighted by molar-refractivity contribution is -0.255. The number of hydrogen-bond donors (Lipinski definition) is 1. The van der Waals surface area contributed by atoms with Gasteiger partial charge in [0, 0.05) is 5.92 Å². The summed E-state index contributed by atoms with van der Waals surface area (Å²) in [5.41, 5.74) is -4.27. The van der Waals surface area contributed by atoms with Crippen LogP contribution in [-0.2, 0) is 23.9 Å². The number of Topliss-reactive ketones (excluding diaryl/α,β-unsaturated/α-hetero) is 1. The third kappa shape index (κ3) is 2.39. The number of carbonyl (C=O) groups is 3. The molecule has 1 N–H and O–H groups in total. The van der Waals surface area contributed by atoms with E-state index in [0.717, 1.165) is 12.0 Å². The van der Waals surface area contributed by atoms with E-state index in [1.807, 2.05) is 26.8 Å². The predicted molar refractivity (Wildman–Crippen MR) is 102 cm³/mol. The van der Waals surface area contributed by atoms with Gasteiger partial charge in [-0.15, -0.1) is 0 Å². The SMILES string of the molecule is CCOC(=O)[C@]12OC(=O)[C@@](C)(O)C(=O)[C@@]13[C@H](C=C(C)C)C[C@H](C)[C@H]3CC[C@@H]2C. The molecule has 156 valence electrons. The lowest BCUT2D eigenvalue weighted by Crippen LogP contribution is -2.78. The van der Waals surface area contributed by atoms with Crippen molar-refractivity contribution < 1.29 is 29.0 Å². The van der Waals surface area contributed by atoms with E-state index in [4.69, 9.17) is 9.47 Å². The van der Waals surface area contributed by atoms with Gasteiger partial charge >= 0.3 is 11.9 Å². The second kappa shape index (κ2) is 6.68. The monoisotopic (exact) mass is 392 g/mol. The highest BCUT2D eigenvalue weighted by molar-refractivity contribution is 6.15. The Balaban J connectivity index is 2.37. The van der Waals surface area contributed by atoms with Crippen LogP contribution in [0.1, 0.15) is 60.8 Å². The van der Waals surface area contributed by atoms with E-state index in [-0.39, 0.29) is 30.3 Å². The first-order valence-electron chi connectivity index (χ1n) is 10.3. The van der Waals surface area contributed by atoms with Crippen molar-refractivity contribution in [2.45, 2.75) is 72.0 Å². The number of carbonyl (C=O) groups excluding carboxylic acids is 3. The van der Waals surface area contributed by atoms with Crippen LogP contribution in [0.15, 0.2) is 11.6 Å². The molecule has 6 nitrogen and oxygen atoms in total. The third-order valence-electron chi connectivity index (χ3n) is 7.28. The van der Waals surface area contributed by atoms with Crippen LogP contribution in [0.2, 0.25) is 0 Å². The highest BCUT2D eigenvalue weighted by Crippen LogP contribution is 2.68. The number of ketones is 1. The highest BCUT2D eigenvalue weighted by Gasteiger charge is 2.81. The van der Waals surface area contributed by atoms with Crippen LogP contribution < -0.4 is 0 Å². The van der Waals surface area contributed by atoms with Gasteiger partial charge in [-0.25, -0.2) is 9.59 Å². The Morgan fingerprint density at radius 1 is 1.29 bits per heavy atom. The number of aliphatic hydroxyl groups is 1. The molecular weight excluding hydrogens is 360 g/mol. The third-order valence-corrected chi connectivity index (χ3v) is 7.28. The molecule has 0 amide bonds. The van der Waals surface area contributed by atoms with Gasteiger partial charge in [0.05, 0.1) is 12.0 Å². The minimum absolute atomic E-state index is 0.124. The number of ether oxygens (including phenoxy) is 2. The molecule has 3 aliphatic rings. The summed E-state index contributed by atoms with van der Waals surface area (Å²) >= 11 is 0. The molecule has 1 spiro atoms. The van der Waals surface area contributed by atoms with E-state index >= 15 is 0 Å². The minimum atomic E-state index is -2.27. The van der Waals surface area contributed by atoms with Crippen molar-refractivity contribution in [2.75, 3.05) is 6.61 Å². The Labute approximate surface area is 166 Å². The molecule has 6 heteroatoms. The molecule has 7 atom stereocenters. The summed E-state index contributed by atoms with van der Waals surface area (Å²) < 4.78 is 11.2. The second-order valence-electron chi connectivity index (χ2n) is 9.26. The van der Waals surface area contributed by atoms with Crippen molar-refractivity contribution in [3.05, 3.63) is 11.6 Å². The first kappa shape index (κ1) is 21.0. The molecule has 2 saturated carbocycles. The molecule has 28 heavy (non-hydrogen) atoms. The molecular formula is C22H32O6. The largest absolute Gasteiger partial charge is 0.463 e. The highest BCUT2D eigenvalue weighted by atomic mass is 16.6. The number of rotatable bonds is 3. The molecule has 0 radical (unpaired) electrons. The molecule has 3 rings (SSSR count). The molecule has 0 aromatic carbocycles. The molecule has 0 bridgehead atoms. The first-order valence-corrected chi connectivity index (χ1v) is 10.3. The molecule has 1 heterocycles. The summed E-state index contributed by atoms with van der Waals surface area (Å²) in [5.74, 6) is -3.02. The Kier molecular flexibility index (Phi) is 5.02. The average molecular weight is 392 g/mol. The van der Waals surface area contributed by atoms with Crippen LogP contribution in [-0.4, -0.2) is 40.6 Å². The lowest BCUT2D eigenvalue weighted by atomic mass is 9.47. The number of hydrogen-bond acceptors (Lipinski definition) is 6. The average Bonchev–Trinajstić information content (AvgIpc) is 2.87. The van der Waals surface area contributed by atoms with E-state index in [9.17, 15) is 19.5 Å². The smallest absolute Gasteiger partial charge is 0.352 e. The van der Waals surface area contributed by atoms with Crippen LogP contribution in [0.4, 0.5) is 0 Å². The molecule has 0 aromatic rings. The van der Waals surface area contributed by atoms with Crippen LogP contribution in [0.5, 0.6) is 0 Å². The van der Waals surface area contributed by atoms with E-state index in [2.05, 4.69) is 6.92 Å². The van der Waals surface area contributed by atoms with Crippen molar-refractivity contribution in [1.82, 2.24) is 0 Å². The van der Waals surface area contributed by atoms with Gasteiger partial charge in [-0.05, 0) is 64.7 Å². The zero-order valence-corrected chi connectivity index (χ0v) is 17.7. The zero-order chi connectivity index (χ0) is 21.1. The molecule has 3 fully saturated rings. The predicted octanol–water partition coefficient (Wildman–Crippen LogP) is 2.82. The van der Waals surface area contributed by atoms with Gasteiger partial charge in [0.15, 0.2) is 5.78 Å². The first-order chi connectivity index (χ1) is 13.0. The van der Waals surface area contributed by atoms with Crippen molar-refractivity contribution in [3.8, 4) is 0 Å². The summed E-state index contributed by atoms with van der Waals surface area (Å²) in [6.07, 6.45) is 4.11. The molecule has 1 aliphatic heterocycles. The normalized spacial score (nSPS) is 45.0. The van der Waals surface area contributed by atoms with Crippen molar-refractivity contribution >= 4 is 17.7 Å². The Hall–Kier alpha value is -1.69. The fourth-order valence-corrected chi connectivity index (χ4v) is 6.26. The van der Waals surface area contributed by atoms with Gasteiger partial charge < -0.3 is 14.6 Å². The van der Waals surface area contributed by atoms with E-state index in [0.29, 0.717) is 12.8 Å². The zero-order valence-electron chi connectivity index (χ0n) is 17.7. The fourth-order valence-electron chi connectivity index (χ4n) is 6.26. The van der Waals surface area contributed by atoms with Gasteiger partial charge in [0.2, 0.25) is 11.2 Å². The van der Waals surface area contributed by atoms with E-state index < -0.39 is 34.3 Å². The lowest BCUT2D eigenvalue weighted by Gasteiger charge is -2.60. The maximum absolute atomic E-state index is 13.9. The van der Waals surface area contributed by atoms with Crippen molar-refractivity contribution in [3.63, 3.8) is 0 Å². The molecule has 0 aromatic heterocycles. The number of esters is 2. The summed E-state index contributed by atoms with van der Waals surface area (Å²) in [7, 11) is 0. The topological polar surface area (TPSA) is 89.9 Å².